The van der Waals surface area contributed by atoms with Crippen molar-refractivity contribution in [2.75, 3.05) is 19.7 Å². The minimum Gasteiger partial charge on any atom is -0.360 e. The van der Waals surface area contributed by atoms with Crippen LogP contribution in [0.5, 0.6) is 0 Å². The Labute approximate surface area is 131 Å². The molecule has 3 unspecified atom stereocenters. The predicted octanol–water partition coefficient (Wildman–Crippen LogP) is 2.56. The molecule has 1 saturated carbocycles. The van der Waals surface area contributed by atoms with Gasteiger partial charge in [-0.2, -0.15) is 18.4 Å². The first-order valence-corrected chi connectivity index (χ1v) is 7.37. The highest BCUT2D eigenvalue weighted by molar-refractivity contribution is 5.83. The molecular weight excluding hydrogens is 309 g/mol. The lowest BCUT2D eigenvalue weighted by atomic mass is 10.0. The van der Waals surface area contributed by atoms with Crippen LogP contribution in [-0.4, -0.2) is 36.6 Å². The zero-order valence-electron chi connectivity index (χ0n) is 12.2. The van der Waals surface area contributed by atoms with Crippen LogP contribution in [0, 0.1) is 17.2 Å². The van der Waals surface area contributed by atoms with Gasteiger partial charge in [0.05, 0.1) is 24.8 Å². The molecule has 1 aliphatic heterocycles. The van der Waals surface area contributed by atoms with Crippen molar-refractivity contribution in [1.29, 1.82) is 5.26 Å². The molecule has 1 aromatic carbocycles. The zero-order valence-corrected chi connectivity index (χ0v) is 12.2. The highest BCUT2D eigenvalue weighted by Gasteiger charge is 2.47. The topological polar surface area (TPSA) is 53.3 Å². The van der Waals surface area contributed by atoms with Gasteiger partial charge in [0.1, 0.15) is 0 Å². The van der Waals surface area contributed by atoms with Crippen molar-refractivity contribution in [2.45, 2.75) is 24.6 Å². The highest BCUT2D eigenvalue weighted by atomic mass is 19.4. The maximum atomic E-state index is 12.8. The molecular formula is C16H15F3N2O2. The number of morpholine rings is 1. The standard InChI is InChI=1S/C16H15F3N2O2/c17-16(18,19)11-3-1-2-10(6-11)13-7-14(13)15(22)21-4-5-23-12(8-20)9-21/h1-3,6,12-14H,4-5,7,9H2. The summed E-state index contributed by atoms with van der Waals surface area (Å²) in [5.74, 6) is -0.569. The lowest BCUT2D eigenvalue weighted by molar-refractivity contribution is -0.138. The monoisotopic (exact) mass is 324 g/mol. The van der Waals surface area contributed by atoms with Gasteiger partial charge in [-0.1, -0.05) is 18.2 Å². The normalized spacial score (nSPS) is 27.4. The van der Waals surface area contributed by atoms with Gasteiger partial charge in [-0.3, -0.25) is 4.79 Å². The Kier molecular flexibility index (Phi) is 4.02. The summed E-state index contributed by atoms with van der Waals surface area (Å²) in [6.45, 7) is 0.953. The molecule has 2 aliphatic rings. The molecule has 1 aromatic rings. The number of ether oxygens (including phenoxy) is 1. The van der Waals surface area contributed by atoms with Crippen molar-refractivity contribution in [1.82, 2.24) is 4.90 Å². The lowest BCUT2D eigenvalue weighted by Gasteiger charge is -2.30. The molecule has 3 atom stereocenters. The number of amides is 1. The summed E-state index contributed by atoms with van der Waals surface area (Å²) < 4.78 is 43.5. The van der Waals surface area contributed by atoms with Crippen LogP contribution < -0.4 is 0 Å². The van der Waals surface area contributed by atoms with E-state index < -0.39 is 17.8 Å². The van der Waals surface area contributed by atoms with Crippen molar-refractivity contribution >= 4 is 5.91 Å². The van der Waals surface area contributed by atoms with Crippen LogP contribution >= 0.6 is 0 Å². The molecule has 0 N–H and O–H groups in total. The SMILES string of the molecule is N#CC1CN(C(=O)C2CC2c2cccc(C(F)(F)F)c2)CCO1. The largest absolute Gasteiger partial charge is 0.416 e. The Bertz CT molecular complexity index is 653. The zero-order chi connectivity index (χ0) is 16.6. The summed E-state index contributed by atoms with van der Waals surface area (Å²) in [5, 5.41) is 8.86. The van der Waals surface area contributed by atoms with E-state index in [-0.39, 0.29) is 24.3 Å². The molecule has 2 fully saturated rings. The maximum absolute atomic E-state index is 12.8. The predicted molar refractivity (Wildman–Crippen MR) is 74.2 cm³/mol. The van der Waals surface area contributed by atoms with E-state index in [4.69, 9.17) is 10.00 Å². The van der Waals surface area contributed by atoms with E-state index >= 15 is 0 Å². The number of benzene rings is 1. The van der Waals surface area contributed by atoms with E-state index in [0.29, 0.717) is 25.1 Å². The van der Waals surface area contributed by atoms with Gasteiger partial charge in [0.15, 0.2) is 6.10 Å². The molecule has 0 spiro atoms. The molecule has 1 aliphatic carbocycles. The summed E-state index contributed by atoms with van der Waals surface area (Å²) in [5.41, 5.74) is -0.146. The van der Waals surface area contributed by atoms with Gasteiger partial charge in [0.2, 0.25) is 5.91 Å². The van der Waals surface area contributed by atoms with Gasteiger partial charge in [0.25, 0.3) is 0 Å². The van der Waals surface area contributed by atoms with Crippen molar-refractivity contribution in [3.63, 3.8) is 0 Å². The van der Waals surface area contributed by atoms with Crippen LogP contribution in [0.15, 0.2) is 24.3 Å². The van der Waals surface area contributed by atoms with E-state index in [1.54, 1.807) is 11.0 Å². The second-order valence-corrected chi connectivity index (χ2v) is 5.84. The number of rotatable bonds is 2. The van der Waals surface area contributed by atoms with E-state index in [2.05, 4.69) is 0 Å². The number of halogens is 3. The minimum absolute atomic E-state index is 0.101. The summed E-state index contributed by atoms with van der Waals surface area (Å²) in [6, 6.07) is 7.13. The molecule has 1 saturated heterocycles. The molecule has 1 amide bonds. The van der Waals surface area contributed by atoms with Crippen molar-refractivity contribution < 1.29 is 22.7 Å². The van der Waals surface area contributed by atoms with Gasteiger partial charge < -0.3 is 9.64 Å². The number of alkyl halides is 3. The van der Waals surface area contributed by atoms with Crippen LogP contribution in [0.3, 0.4) is 0 Å². The summed E-state index contributed by atoms with van der Waals surface area (Å²) in [6.07, 6.45) is -4.46. The Hall–Kier alpha value is -2.07. The third kappa shape index (κ3) is 3.32. The molecule has 0 radical (unpaired) electrons. The smallest absolute Gasteiger partial charge is 0.360 e. The van der Waals surface area contributed by atoms with Crippen LogP contribution in [0.2, 0.25) is 0 Å². The third-order valence-corrected chi connectivity index (χ3v) is 4.27. The van der Waals surface area contributed by atoms with Crippen molar-refractivity contribution in [2.24, 2.45) is 5.92 Å². The minimum atomic E-state index is -4.38. The second kappa shape index (κ2) is 5.85. The highest BCUT2D eigenvalue weighted by Crippen LogP contribution is 2.49. The lowest BCUT2D eigenvalue weighted by Crippen LogP contribution is -2.45. The molecule has 4 nitrogen and oxygen atoms in total. The average molecular weight is 324 g/mol. The fourth-order valence-electron chi connectivity index (χ4n) is 2.94. The number of hydrogen-bond donors (Lipinski definition) is 0. The fraction of sp³-hybridized carbons (Fsp3) is 0.500. The second-order valence-electron chi connectivity index (χ2n) is 5.84. The van der Waals surface area contributed by atoms with Gasteiger partial charge in [0, 0.05) is 12.5 Å². The van der Waals surface area contributed by atoms with E-state index in [1.807, 2.05) is 6.07 Å². The Morgan fingerprint density at radius 2 is 2.17 bits per heavy atom. The molecule has 3 rings (SSSR count). The first-order valence-electron chi connectivity index (χ1n) is 7.37. The Morgan fingerprint density at radius 1 is 1.39 bits per heavy atom. The number of nitrogens with zero attached hydrogens (tertiary/aromatic N) is 2. The van der Waals surface area contributed by atoms with Gasteiger partial charge in [-0.15, -0.1) is 0 Å². The van der Waals surface area contributed by atoms with Crippen LogP contribution in [0.4, 0.5) is 13.2 Å². The number of hydrogen-bond acceptors (Lipinski definition) is 3. The quantitative estimate of drug-likeness (QED) is 0.840. The maximum Gasteiger partial charge on any atom is 0.416 e. The van der Waals surface area contributed by atoms with Crippen LogP contribution in [0.25, 0.3) is 0 Å². The molecule has 0 bridgehead atoms. The van der Waals surface area contributed by atoms with Crippen molar-refractivity contribution in [3.8, 4) is 6.07 Å². The van der Waals surface area contributed by atoms with Gasteiger partial charge in [-0.05, 0) is 24.0 Å². The van der Waals surface area contributed by atoms with E-state index in [1.165, 1.54) is 6.07 Å². The van der Waals surface area contributed by atoms with Gasteiger partial charge >= 0.3 is 6.18 Å². The molecule has 0 aromatic heterocycles. The summed E-state index contributed by atoms with van der Waals surface area (Å²) in [4.78, 5) is 14.0. The number of carbonyl (C=O) groups is 1. The number of nitriles is 1. The first-order chi connectivity index (χ1) is 10.9. The Balaban J connectivity index is 1.67. The first kappa shape index (κ1) is 15.8. The van der Waals surface area contributed by atoms with E-state index in [0.717, 1.165) is 12.1 Å². The number of carbonyl (C=O) groups excluding carboxylic acids is 1. The molecule has 23 heavy (non-hydrogen) atoms. The van der Waals surface area contributed by atoms with E-state index in [9.17, 15) is 18.0 Å². The Morgan fingerprint density at radius 3 is 2.87 bits per heavy atom. The average Bonchev–Trinajstić information content (AvgIpc) is 3.34. The third-order valence-electron chi connectivity index (χ3n) is 4.27. The fourth-order valence-corrected chi connectivity index (χ4v) is 2.94. The molecule has 7 heteroatoms. The van der Waals surface area contributed by atoms with Crippen molar-refractivity contribution in [3.05, 3.63) is 35.4 Å². The summed E-state index contributed by atoms with van der Waals surface area (Å²) >= 11 is 0. The summed E-state index contributed by atoms with van der Waals surface area (Å²) in [7, 11) is 0. The molecule has 122 valence electrons. The van der Waals surface area contributed by atoms with Crippen LogP contribution in [-0.2, 0) is 15.7 Å². The van der Waals surface area contributed by atoms with Crippen LogP contribution in [0.1, 0.15) is 23.5 Å². The molecule has 1 heterocycles. The van der Waals surface area contributed by atoms with Gasteiger partial charge in [-0.25, -0.2) is 0 Å².